The van der Waals surface area contributed by atoms with E-state index < -0.39 is 30.9 Å². The Bertz CT molecular complexity index is 798. The molecule has 36 heavy (non-hydrogen) atoms. The largest absolute Gasteiger partial charge is 0.511 e. The van der Waals surface area contributed by atoms with E-state index in [1.54, 1.807) is 4.90 Å². The van der Waals surface area contributed by atoms with Gasteiger partial charge in [0.1, 0.15) is 12.1 Å². The highest BCUT2D eigenvalue weighted by atomic mass is 16.8. The number of rotatable bonds is 11. The molecule has 0 bridgehead atoms. The predicted octanol–water partition coefficient (Wildman–Crippen LogP) is 1.84. The first-order chi connectivity index (χ1) is 17.3. The van der Waals surface area contributed by atoms with E-state index in [4.69, 9.17) is 18.9 Å². The van der Waals surface area contributed by atoms with E-state index in [1.807, 2.05) is 0 Å². The van der Waals surface area contributed by atoms with E-state index in [9.17, 15) is 29.1 Å². The van der Waals surface area contributed by atoms with Crippen LogP contribution in [0, 0.1) is 0 Å². The quantitative estimate of drug-likeness (QED) is 0.247. The molecule has 12 nitrogen and oxygen atoms in total. The van der Waals surface area contributed by atoms with E-state index in [0.717, 1.165) is 6.42 Å². The fourth-order valence-corrected chi connectivity index (χ4v) is 4.90. The molecule has 3 aliphatic heterocycles. The predicted molar refractivity (Wildman–Crippen MR) is 123 cm³/mol. The van der Waals surface area contributed by atoms with Crippen molar-refractivity contribution in [2.24, 2.45) is 0 Å². The zero-order valence-electron chi connectivity index (χ0n) is 20.6. The van der Waals surface area contributed by atoms with Crippen LogP contribution in [0.25, 0.3) is 0 Å². The maximum Gasteiger partial charge on any atom is 0.511 e. The second kappa shape index (κ2) is 14.0. The van der Waals surface area contributed by atoms with Crippen LogP contribution < -0.4 is 0 Å². The molecule has 12 heteroatoms. The van der Waals surface area contributed by atoms with E-state index in [2.05, 4.69) is 0 Å². The summed E-state index contributed by atoms with van der Waals surface area (Å²) in [5.41, 5.74) is 0. The molecule has 0 aromatic carbocycles. The summed E-state index contributed by atoms with van der Waals surface area (Å²) in [4.78, 5) is 63.2. The number of carbonyl (C=O) groups excluding carboxylic acids is 4. The monoisotopic (exact) mass is 512 g/mol. The molecule has 3 saturated heterocycles. The van der Waals surface area contributed by atoms with Gasteiger partial charge >= 0.3 is 18.1 Å². The average molecular weight is 513 g/mol. The Balaban J connectivity index is 1.29. The number of carboxylic acids is 1. The minimum absolute atomic E-state index is 0.00807. The molecular weight excluding hydrogens is 476 g/mol. The molecule has 0 aromatic heterocycles. The fourth-order valence-electron chi connectivity index (χ4n) is 4.90. The molecule has 0 spiro atoms. The Morgan fingerprint density at radius 1 is 0.833 bits per heavy atom. The van der Waals surface area contributed by atoms with Crippen molar-refractivity contribution in [3.8, 4) is 0 Å². The lowest BCUT2D eigenvalue weighted by Gasteiger charge is -2.24. The second-order valence-electron chi connectivity index (χ2n) is 9.34. The molecule has 0 radical (unpaired) electrons. The SMILES string of the molecule is O=C(C[C@H]1CCCN1C(=O)CCCCC(=O)N1CCC[C@@H]1C(=O)O)OCOC(=O)OC1CCOCC1. The third kappa shape index (κ3) is 8.35. The minimum Gasteiger partial charge on any atom is -0.480 e. The maximum absolute atomic E-state index is 12.7. The Kier molecular flexibility index (Phi) is 10.8. The molecule has 0 aromatic rings. The van der Waals surface area contributed by atoms with Gasteiger partial charge in [0.05, 0.1) is 19.6 Å². The number of aliphatic carboxylic acids is 1. The molecule has 0 unspecified atom stereocenters. The highest BCUT2D eigenvalue weighted by Gasteiger charge is 2.34. The summed E-state index contributed by atoms with van der Waals surface area (Å²) >= 11 is 0. The highest BCUT2D eigenvalue weighted by molar-refractivity contribution is 5.84. The fraction of sp³-hybridized carbons (Fsp3) is 0.792. The molecule has 3 fully saturated rings. The smallest absolute Gasteiger partial charge is 0.480 e. The van der Waals surface area contributed by atoms with Crippen LogP contribution in [0.1, 0.15) is 70.6 Å². The van der Waals surface area contributed by atoms with Gasteiger partial charge in [-0.25, -0.2) is 9.59 Å². The first-order valence-electron chi connectivity index (χ1n) is 12.7. The number of ether oxygens (including phenoxy) is 4. The summed E-state index contributed by atoms with van der Waals surface area (Å²) in [6.07, 6.45) is 4.13. The zero-order chi connectivity index (χ0) is 25.9. The normalized spacial score (nSPS) is 22.3. The number of esters is 1. The number of carbonyl (C=O) groups is 5. The van der Waals surface area contributed by atoms with Crippen LogP contribution in [0.2, 0.25) is 0 Å². The van der Waals surface area contributed by atoms with E-state index in [1.165, 1.54) is 4.90 Å². The van der Waals surface area contributed by atoms with Gasteiger partial charge in [0.25, 0.3) is 0 Å². The summed E-state index contributed by atoms with van der Waals surface area (Å²) in [6, 6.07) is -1.02. The average Bonchev–Trinajstić information content (AvgIpc) is 3.52. The van der Waals surface area contributed by atoms with Gasteiger partial charge in [-0.3, -0.25) is 14.4 Å². The summed E-state index contributed by atoms with van der Waals surface area (Å²) in [5, 5.41) is 9.21. The standard InChI is InChI=1S/C24H36N2O10/c27-20(7-1-2-8-21(28)26-12-4-6-19(26)23(30)31)25-11-3-5-17(25)15-22(29)34-16-35-24(32)36-18-9-13-33-14-10-18/h17-19H,1-16H2,(H,30,31)/t17-,19-/m1/s1. The van der Waals surface area contributed by atoms with Gasteiger partial charge in [-0.2, -0.15) is 0 Å². The van der Waals surface area contributed by atoms with Gasteiger partial charge in [0, 0.05) is 44.8 Å². The van der Waals surface area contributed by atoms with Gasteiger partial charge in [-0.15, -0.1) is 0 Å². The van der Waals surface area contributed by atoms with Crippen molar-refractivity contribution in [3.05, 3.63) is 0 Å². The third-order valence-corrected chi connectivity index (χ3v) is 6.82. The van der Waals surface area contributed by atoms with Crippen molar-refractivity contribution in [3.63, 3.8) is 0 Å². The number of unbranched alkanes of at least 4 members (excludes halogenated alkanes) is 1. The van der Waals surface area contributed by atoms with E-state index in [0.29, 0.717) is 71.2 Å². The summed E-state index contributed by atoms with van der Waals surface area (Å²) in [7, 11) is 0. The number of likely N-dealkylation sites (tertiary alicyclic amines) is 2. The van der Waals surface area contributed by atoms with Crippen molar-refractivity contribution in [1.29, 1.82) is 0 Å². The first kappa shape index (κ1) is 27.7. The summed E-state index contributed by atoms with van der Waals surface area (Å²) < 4.78 is 20.1. The minimum atomic E-state index is -0.976. The Morgan fingerprint density at radius 2 is 1.47 bits per heavy atom. The van der Waals surface area contributed by atoms with Gasteiger partial charge in [-0.1, -0.05) is 0 Å². The molecule has 0 aliphatic carbocycles. The Hall–Kier alpha value is -2.89. The van der Waals surface area contributed by atoms with Crippen molar-refractivity contribution < 1.29 is 48.0 Å². The van der Waals surface area contributed by atoms with Crippen LogP contribution >= 0.6 is 0 Å². The Labute approximate surface area is 210 Å². The van der Waals surface area contributed by atoms with Crippen LogP contribution in [0.4, 0.5) is 4.79 Å². The summed E-state index contributed by atoms with van der Waals surface area (Å²) in [5.74, 6) is -1.81. The lowest BCUT2D eigenvalue weighted by molar-refractivity contribution is -0.155. The van der Waals surface area contributed by atoms with Gasteiger partial charge in [0.15, 0.2) is 0 Å². The summed E-state index contributed by atoms with van der Waals surface area (Å²) in [6.45, 7) is 1.51. The molecule has 1 N–H and O–H groups in total. The number of hydrogen-bond donors (Lipinski definition) is 1. The molecule has 2 atom stereocenters. The zero-order valence-corrected chi connectivity index (χ0v) is 20.6. The lowest BCUT2D eigenvalue weighted by atomic mass is 10.1. The molecular formula is C24H36N2O10. The van der Waals surface area contributed by atoms with Crippen LogP contribution in [-0.2, 0) is 38.1 Å². The number of carboxylic acid groups (broad SMARTS) is 1. The van der Waals surface area contributed by atoms with Crippen LogP contribution in [-0.4, -0.2) is 96.1 Å². The van der Waals surface area contributed by atoms with E-state index >= 15 is 0 Å². The van der Waals surface area contributed by atoms with Crippen LogP contribution in [0.15, 0.2) is 0 Å². The first-order valence-corrected chi connectivity index (χ1v) is 12.7. The highest BCUT2D eigenvalue weighted by Crippen LogP contribution is 2.23. The van der Waals surface area contributed by atoms with E-state index in [-0.39, 0.29) is 43.2 Å². The molecule has 0 saturated carbocycles. The topological polar surface area (TPSA) is 149 Å². The molecule has 2 amide bonds. The molecule has 3 rings (SSSR count). The third-order valence-electron chi connectivity index (χ3n) is 6.82. The van der Waals surface area contributed by atoms with Gasteiger partial charge in [0.2, 0.25) is 18.6 Å². The van der Waals surface area contributed by atoms with Crippen LogP contribution in [0.5, 0.6) is 0 Å². The number of amides is 2. The molecule has 3 heterocycles. The number of nitrogens with zero attached hydrogens (tertiary/aromatic N) is 2. The van der Waals surface area contributed by atoms with Gasteiger partial charge in [-0.05, 0) is 38.5 Å². The van der Waals surface area contributed by atoms with Crippen molar-refractivity contribution in [2.45, 2.75) is 88.8 Å². The lowest BCUT2D eigenvalue weighted by Crippen LogP contribution is -2.40. The van der Waals surface area contributed by atoms with Crippen molar-refractivity contribution >= 4 is 29.9 Å². The number of hydrogen-bond acceptors (Lipinski definition) is 9. The Morgan fingerprint density at radius 3 is 2.17 bits per heavy atom. The van der Waals surface area contributed by atoms with Crippen LogP contribution in [0.3, 0.4) is 0 Å². The molecule has 3 aliphatic rings. The van der Waals surface area contributed by atoms with Crippen molar-refractivity contribution in [2.75, 3.05) is 33.1 Å². The maximum atomic E-state index is 12.7. The van der Waals surface area contributed by atoms with Gasteiger partial charge < -0.3 is 33.9 Å². The molecule has 202 valence electrons. The second-order valence-corrected chi connectivity index (χ2v) is 9.34. The van der Waals surface area contributed by atoms with Crippen molar-refractivity contribution in [1.82, 2.24) is 9.80 Å².